The standard InChI is InChI=1S/C21H34N4O4/c1-4-10-24-12-8-21(28,9-13-24)20(27)22-17-5-6-19(26)25(11-7-17)14-18-15(2)23-29-16(18)3/h17,28H,4-14H2,1-3H3,(H,22,27). The molecule has 0 radical (unpaired) electrons. The van der Waals surface area contributed by atoms with Gasteiger partial charge in [-0.3, -0.25) is 9.59 Å². The Morgan fingerprint density at radius 1 is 1.28 bits per heavy atom. The van der Waals surface area contributed by atoms with E-state index in [2.05, 4.69) is 22.3 Å². The van der Waals surface area contributed by atoms with Crippen molar-refractivity contribution in [2.24, 2.45) is 0 Å². The van der Waals surface area contributed by atoms with Gasteiger partial charge in [-0.1, -0.05) is 12.1 Å². The molecule has 8 heteroatoms. The van der Waals surface area contributed by atoms with E-state index in [1.54, 1.807) is 0 Å². The summed E-state index contributed by atoms with van der Waals surface area (Å²) in [5.74, 6) is 0.527. The van der Waals surface area contributed by atoms with Gasteiger partial charge in [-0.15, -0.1) is 0 Å². The van der Waals surface area contributed by atoms with E-state index >= 15 is 0 Å². The van der Waals surface area contributed by atoms with Gasteiger partial charge >= 0.3 is 0 Å². The molecule has 0 saturated carbocycles. The second kappa shape index (κ2) is 9.26. The van der Waals surface area contributed by atoms with Crippen LogP contribution in [0.4, 0.5) is 0 Å². The van der Waals surface area contributed by atoms with Crippen molar-refractivity contribution in [3.05, 3.63) is 17.0 Å². The average molecular weight is 407 g/mol. The molecule has 0 aromatic carbocycles. The molecule has 2 saturated heterocycles. The number of nitrogens with zero attached hydrogens (tertiary/aromatic N) is 3. The van der Waals surface area contributed by atoms with Gasteiger partial charge in [0.2, 0.25) is 5.91 Å². The number of rotatable bonds is 6. The van der Waals surface area contributed by atoms with Crippen LogP contribution in [-0.2, 0) is 16.1 Å². The first-order chi connectivity index (χ1) is 13.8. The van der Waals surface area contributed by atoms with Crippen LogP contribution in [0.5, 0.6) is 0 Å². The molecule has 0 aliphatic carbocycles. The zero-order chi connectivity index (χ0) is 21.0. The summed E-state index contributed by atoms with van der Waals surface area (Å²) in [4.78, 5) is 29.4. The van der Waals surface area contributed by atoms with E-state index in [4.69, 9.17) is 4.52 Å². The summed E-state index contributed by atoms with van der Waals surface area (Å²) in [5, 5.41) is 17.8. The summed E-state index contributed by atoms with van der Waals surface area (Å²) in [5.41, 5.74) is 0.465. The maximum atomic E-state index is 12.8. The lowest BCUT2D eigenvalue weighted by Gasteiger charge is -2.37. The second-order valence-corrected chi connectivity index (χ2v) is 8.49. The van der Waals surface area contributed by atoms with E-state index in [0.29, 0.717) is 45.2 Å². The topological polar surface area (TPSA) is 98.9 Å². The van der Waals surface area contributed by atoms with Gasteiger partial charge in [-0.25, -0.2) is 0 Å². The van der Waals surface area contributed by atoms with Crippen LogP contribution in [0.2, 0.25) is 0 Å². The molecule has 0 bridgehead atoms. The molecule has 1 aromatic heterocycles. The minimum Gasteiger partial charge on any atom is -0.380 e. The van der Waals surface area contributed by atoms with Crippen LogP contribution in [0.1, 0.15) is 62.5 Å². The Bertz CT molecular complexity index is 705. The van der Waals surface area contributed by atoms with Crippen molar-refractivity contribution >= 4 is 11.8 Å². The van der Waals surface area contributed by atoms with Gasteiger partial charge in [0.15, 0.2) is 0 Å². The van der Waals surface area contributed by atoms with Crippen LogP contribution < -0.4 is 5.32 Å². The van der Waals surface area contributed by atoms with Crippen LogP contribution >= 0.6 is 0 Å². The zero-order valence-corrected chi connectivity index (χ0v) is 17.9. The normalized spacial score (nSPS) is 23.1. The van der Waals surface area contributed by atoms with E-state index in [1.807, 2.05) is 18.7 Å². The quantitative estimate of drug-likeness (QED) is 0.743. The van der Waals surface area contributed by atoms with Crippen LogP contribution in [-0.4, -0.2) is 69.7 Å². The summed E-state index contributed by atoms with van der Waals surface area (Å²) in [6.45, 7) is 9.41. The third kappa shape index (κ3) is 5.17. The molecule has 1 unspecified atom stereocenters. The molecule has 3 rings (SSSR count). The first kappa shape index (κ1) is 21.8. The smallest absolute Gasteiger partial charge is 0.252 e. The van der Waals surface area contributed by atoms with Crippen molar-refractivity contribution in [2.45, 2.75) is 77.5 Å². The van der Waals surface area contributed by atoms with Crippen molar-refractivity contribution in [1.82, 2.24) is 20.3 Å². The molecule has 0 spiro atoms. The molecule has 2 aliphatic rings. The minimum atomic E-state index is -1.29. The first-order valence-corrected chi connectivity index (χ1v) is 10.8. The molecule has 2 aliphatic heterocycles. The Labute approximate surface area is 172 Å². The Morgan fingerprint density at radius 2 is 2.00 bits per heavy atom. The Balaban J connectivity index is 1.54. The third-order valence-electron chi connectivity index (χ3n) is 6.32. The molecule has 29 heavy (non-hydrogen) atoms. The van der Waals surface area contributed by atoms with Crippen LogP contribution in [0.3, 0.4) is 0 Å². The molecular formula is C21H34N4O4. The summed E-state index contributed by atoms with van der Waals surface area (Å²) in [7, 11) is 0. The van der Waals surface area contributed by atoms with Gasteiger partial charge in [-0.2, -0.15) is 0 Å². The van der Waals surface area contributed by atoms with Gasteiger partial charge in [0.25, 0.3) is 5.91 Å². The van der Waals surface area contributed by atoms with Crippen molar-refractivity contribution in [1.29, 1.82) is 0 Å². The van der Waals surface area contributed by atoms with Crippen LogP contribution in [0.15, 0.2) is 4.52 Å². The molecule has 1 atom stereocenters. The fraction of sp³-hybridized carbons (Fsp3) is 0.762. The zero-order valence-electron chi connectivity index (χ0n) is 17.9. The number of piperidine rings is 1. The molecule has 1 aromatic rings. The Morgan fingerprint density at radius 3 is 2.62 bits per heavy atom. The predicted octanol–water partition coefficient (Wildman–Crippen LogP) is 1.53. The lowest BCUT2D eigenvalue weighted by molar-refractivity contribution is -0.145. The fourth-order valence-electron chi connectivity index (χ4n) is 4.28. The molecular weight excluding hydrogens is 372 g/mol. The highest BCUT2D eigenvalue weighted by atomic mass is 16.5. The number of hydrogen-bond donors (Lipinski definition) is 2. The van der Waals surface area contributed by atoms with Gasteiger partial charge in [0.1, 0.15) is 11.4 Å². The van der Waals surface area contributed by atoms with E-state index in [-0.39, 0.29) is 17.9 Å². The Hall–Kier alpha value is -1.93. The monoisotopic (exact) mass is 406 g/mol. The third-order valence-corrected chi connectivity index (χ3v) is 6.32. The summed E-state index contributed by atoms with van der Waals surface area (Å²) >= 11 is 0. The number of aryl methyl sites for hydroxylation is 2. The number of hydrogen-bond acceptors (Lipinski definition) is 6. The van der Waals surface area contributed by atoms with Crippen molar-refractivity contribution in [2.75, 3.05) is 26.2 Å². The predicted molar refractivity (Wildman–Crippen MR) is 108 cm³/mol. The number of aliphatic hydroxyl groups is 1. The minimum absolute atomic E-state index is 0.0772. The van der Waals surface area contributed by atoms with E-state index in [0.717, 1.165) is 43.1 Å². The number of carbonyl (C=O) groups is 2. The molecule has 2 amide bonds. The van der Waals surface area contributed by atoms with Crippen molar-refractivity contribution in [3.63, 3.8) is 0 Å². The first-order valence-electron chi connectivity index (χ1n) is 10.8. The number of aromatic nitrogens is 1. The highest BCUT2D eigenvalue weighted by Gasteiger charge is 2.40. The summed E-state index contributed by atoms with van der Waals surface area (Å²) in [6, 6.07) is -0.0983. The molecule has 162 valence electrons. The maximum absolute atomic E-state index is 12.8. The molecule has 2 fully saturated rings. The highest BCUT2D eigenvalue weighted by molar-refractivity contribution is 5.85. The Kier molecular flexibility index (Phi) is 6.95. The van der Waals surface area contributed by atoms with Crippen molar-refractivity contribution in [3.8, 4) is 0 Å². The summed E-state index contributed by atoms with van der Waals surface area (Å²) in [6.07, 6.45) is 3.66. The maximum Gasteiger partial charge on any atom is 0.252 e. The second-order valence-electron chi connectivity index (χ2n) is 8.49. The SMILES string of the molecule is CCCN1CCC(O)(C(=O)NC2CCC(=O)N(Cc3c(C)noc3C)CC2)CC1. The number of carbonyl (C=O) groups excluding carboxylic acids is 2. The van der Waals surface area contributed by atoms with Gasteiger partial charge in [-0.05, 0) is 52.5 Å². The van der Waals surface area contributed by atoms with E-state index in [9.17, 15) is 14.7 Å². The number of likely N-dealkylation sites (tertiary alicyclic amines) is 2. The van der Waals surface area contributed by atoms with Crippen LogP contribution in [0, 0.1) is 13.8 Å². The number of amides is 2. The molecule has 8 nitrogen and oxygen atoms in total. The van der Waals surface area contributed by atoms with Crippen LogP contribution in [0.25, 0.3) is 0 Å². The molecule has 2 N–H and O–H groups in total. The van der Waals surface area contributed by atoms with E-state index in [1.165, 1.54) is 0 Å². The van der Waals surface area contributed by atoms with Gasteiger partial charge < -0.3 is 24.7 Å². The largest absolute Gasteiger partial charge is 0.380 e. The highest BCUT2D eigenvalue weighted by Crippen LogP contribution is 2.24. The average Bonchev–Trinajstić information content (AvgIpc) is 2.91. The summed E-state index contributed by atoms with van der Waals surface area (Å²) < 4.78 is 5.20. The van der Waals surface area contributed by atoms with Gasteiger partial charge in [0, 0.05) is 37.7 Å². The lowest BCUT2D eigenvalue weighted by Crippen LogP contribution is -2.55. The fourth-order valence-corrected chi connectivity index (χ4v) is 4.28. The number of nitrogens with one attached hydrogen (secondary N) is 1. The van der Waals surface area contributed by atoms with Crippen molar-refractivity contribution < 1.29 is 19.2 Å². The lowest BCUT2D eigenvalue weighted by atomic mass is 9.89. The molecule has 3 heterocycles. The van der Waals surface area contributed by atoms with E-state index < -0.39 is 5.60 Å². The van der Waals surface area contributed by atoms with Gasteiger partial charge in [0.05, 0.1) is 12.2 Å².